The van der Waals surface area contributed by atoms with Gasteiger partial charge < -0.3 is 9.64 Å². The van der Waals surface area contributed by atoms with Gasteiger partial charge in [-0.1, -0.05) is 30.8 Å². The van der Waals surface area contributed by atoms with Gasteiger partial charge in [0.15, 0.2) is 0 Å². The molecular weight excluding hydrogens is 422 g/mol. The van der Waals surface area contributed by atoms with Crippen LogP contribution in [-0.2, 0) is 4.74 Å². The van der Waals surface area contributed by atoms with E-state index in [1.54, 1.807) is 16.7 Å². The highest BCUT2D eigenvalue weighted by Crippen LogP contribution is 2.30. The Labute approximate surface area is 198 Å². The van der Waals surface area contributed by atoms with Crippen molar-refractivity contribution in [3.8, 4) is 22.9 Å². The first kappa shape index (κ1) is 21.5. The van der Waals surface area contributed by atoms with Crippen molar-refractivity contribution in [1.29, 1.82) is 5.26 Å². The van der Waals surface area contributed by atoms with Gasteiger partial charge in [0.05, 0.1) is 24.7 Å². The summed E-state index contributed by atoms with van der Waals surface area (Å²) in [6.07, 6.45) is 2.00. The average molecular weight is 448 g/mol. The van der Waals surface area contributed by atoms with E-state index in [1.807, 2.05) is 74.6 Å². The van der Waals surface area contributed by atoms with Crippen LogP contribution in [0.15, 0.2) is 90.1 Å². The zero-order valence-corrected chi connectivity index (χ0v) is 19.3. The van der Waals surface area contributed by atoms with Crippen LogP contribution in [0.25, 0.3) is 27.6 Å². The van der Waals surface area contributed by atoms with E-state index in [0.717, 1.165) is 45.8 Å². The van der Waals surface area contributed by atoms with Gasteiger partial charge in [-0.15, -0.1) is 0 Å². The van der Waals surface area contributed by atoms with Crippen LogP contribution < -0.4 is 10.5 Å². The highest BCUT2D eigenvalue weighted by molar-refractivity contribution is 5.98. The first-order chi connectivity index (χ1) is 16.4. The molecular formula is C29H25N3O2. The van der Waals surface area contributed by atoms with Crippen molar-refractivity contribution >= 4 is 16.5 Å². The molecule has 1 atom stereocenters. The highest BCUT2D eigenvalue weighted by atomic mass is 16.5. The van der Waals surface area contributed by atoms with Gasteiger partial charge in [-0.25, -0.2) is 0 Å². The van der Waals surface area contributed by atoms with Crippen LogP contribution in [0.3, 0.4) is 0 Å². The van der Waals surface area contributed by atoms with E-state index in [-0.39, 0.29) is 11.7 Å². The van der Waals surface area contributed by atoms with Crippen molar-refractivity contribution in [1.82, 2.24) is 4.57 Å². The lowest BCUT2D eigenvalue weighted by Crippen LogP contribution is -2.39. The molecule has 0 spiro atoms. The summed E-state index contributed by atoms with van der Waals surface area (Å²) in [6, 6.07) is 23.5. The third-order valence-corrected chi connectivity index (χ3v) is 6.26. The molecule has 34 heavy (non-hydrogen) atoms. The fourth-order valence-electron chi connectivity index (χ4n) is 4.73. The molecule has 1 aliphatic heterocycles. The van der Waals surface area contributed by atoms with Gasteiger partial charge in [0.25, 0.3) is 5.56 Å². The van der Waals surface area contributed by atoms with Crippen molar-refractivity contribution in [2.24, 2.45) is 0 Å². The first-order valence-electron chi connectivity index (χ1n) is 11.3. The molecule has 0 saturated carbocycles. The number of aromatic nitrogens is 1. The summed E-state index contributed by atoms with van der Waals surface area (Å²) < 4.78 is 7.37. The molecule has 1 saturated heterocycles. The van der Waals surface area contributed by atoms with Gasteiger partial charge in [0, 0.05) is 23.0 Å². The van der Waals surface area contributed by atoms with Crippen molar-refractivity contribution in [2.75, 3.05) is 18.0 Å². The molecule has 0 N–H and O–H groups in total. The van der Waals surface area contributed by atoms with Crippen molar-refractivity contribution in [3.05, 3.63) is 107 Å². The zero-order valence-electron chi connectivity index (χ0n) is 19.3. The maximum absolute atomic E-state index is 13.5. The van der Waals surface area contributed by atoms with E-state index in [1.165, 1.54) is 0 Å². The molecule has 3 aromatic carbocycles. The minimum atomic E-state index is -0.0581. The Bertz CT molecular complexity index is 1490. The Balaban J connectivity index is 1.55. The monoisotopic (exact) mass is 447 g/mol. The van der Waals surface area contributed by atoms with E-state index >= 15 is 0 Å². The van der Waals surface area contributed by atoms with Crippen LogP contribution in [0, 0.1) is 18.3 Å². The molecule has 0 unspecified atom stereocenters. The maximum atomic E-state index is 13.5. The van der Waals surface area contributed by atoms with E-state index in [4.69, 9.17) is 10.00 Å². The van der Waals surface area contributed by atoms with Gasteiger partial charge >= 0.3 is 0 Å². The fraction of sp³-hybridized carbons (Fsp3) is 0.172. The third-order valence-electron chi connectivity index (χ3n) is 6.26. The van der Waals surface area contributed by atoms with E-state index in [0.29, 0.717) is 17.5 Å². The minimum Gasteiger partial charge on any atom is -0.492 e. The first-order valence-corrected chi connectivity index (χ1v) is 11.3. The third kappa shape index (κ3) is 3.84. The summed E-state index contributed by atoms with van der Waals surface area (Å²) in [6.45, 7) is 9.50. The lowest BCUT2D eigenvalue weighted by atomic mass is 9.96. The second-order valence-electron chi connectivity index (χ2n) is 8.77. The number of hydrogen-bond acceptors (Lipinski definition) is 4. The molecule has 1 fully saturated rings. The Kier molecular flexibility index (Phi) is 5.43. The molecule has 5 heteroatoms. The molecule has 168 valence electrons. The predicted molar refractivity (Wildman–Crippen MR) is 136 cm³/mol. The van der Waals surface area contributed by atoms with E-state index in [9.17, 15) is 4.79 Å². The van der Waals surface area contributed by atoms with Gasteiger partial charge in [0.1, 0.15) is 11.9 Å². The van der Waals surface area contributed by atoms with E-state index in [2.05, 4.69) is 17.5 Å². The number of fused-ring (bicyclic) bond motifs is 1. The highest BCUT2D eigenvalue weighted by Gasteiger charge is 2.20. The number of benzene rings is 3. The molecule has 0 bridgehead atoms. The molecule has 5 rings (SSSR count). The summed E-state index contributed by atoms with van der Waals surface area (Å²) in [5, 5.41) is 10.7. The molecule has 1 aromatic heterocycles. The zero-order chi connectivity index (χ0) is 23.8. The van der Waals surface area contributed by atoms with Gasteiger partial charge in [-0.3, -0.25) is 9.36 Å². The Morgan fingerprint density at radius 2 is 1.74 bits per heavy atom. The normalized spacial score (nSPS) is 15.7. The number of hydrogen-bond donors (Lipinski definition) is 0. The fourth-order valence-corrected chi connectivity index (χ4v) is 4.73. The number of ether oxygens (including phenoxy) is 1. The number of nitrogens with zero attached hydrogens (tertiary/aromatic N) is 3. The van der Waals surface area contributed by atoms with Crippen LogP contribution in [0.2, 0.25) is 0 Å². The maximum Gasteiger partial charge on any atom is 0.262 e. The van der Waals surface area contributed by atoms with Crippen LogP contribution >= 0.6 is 0 Å². The Morgan fingerprint density at radius 3 is 2.41 bits per heavy atom. The number of morpholine rings is 1. The Morgan fingerprint density at radius 1 is 1.03 bits per heavy atom. The molecule has 4 aromatic rings. The summed E-state index contributed by atoms with van der Waals surface area (Å²) in [4.78, 5) is 15.8. The van der Waals surface area contributed by atoms with Crippen LogP contribution in [0.4, 0.5) is 5.69 Å². The number of rotatable bonds is 3. The molecule has 1 aliphatic rings. The van der Waals surface area contributed by atoms with Crippen molar-refractivity contribution in [3.63, 3.8) is 0 Å². The summed E-state index contributed by atoms with van der Waals surface area (Å²) >= 11 is 0. The minimum absolute atomic E-state index is 0.0581. The molecule has 5 nitrogen and oxygen atoms in total. The SMILES string of the molecule is C=C1CN(c2ccc(-n3cc(C)c4c(-c5ccc(C#N)cc5)cccc4c3=O)cc2)C[C@@H](C)O1. The van der Waals surface area contributed by atoms with Crippen LogP contribution in [-0.4, -0.2) is 23.8 Å². The molecule has 0 aliphatic carbocycles. The van der Waals surface area contributed by atoms with Crippen molar-refractivity contribution < 1.29 is 4.74 Å². The molecule has 0 radical (unpaired) electrons. The lowest BCUT2D eigenvalue weighted by Gasteiger charge is -2.34. The quantitative estimate of drug-likeness (QED) is 0.412. The van der Waals surface area contributed by atoms with Gasteiger partial charge in [-0.05, 0) is 78.4 Å². The summed E-state index contributed by atoms with van der Waals surface area (Å²) in [5.74, 6) is 0.766. The van der Waals surface area contributed by atoms with Crippen molar-refractivity contribution in [2.45, 2.75) is 20.0 Å². The molecule has 0 amide bonds. The summed E-state index contributed by atoms with van der Waals surface area (Å²) in [5.41, 5.74) is 5.43. The number of nitriles is 1. The van der Waals surface area contributed by atoms with E-state index < -0.39 is 0 Å². The number of anilines is 1. The standard InChI is InChI=1S/C29H25N3O2/c1-19-16-32(25-13-11-24(12-14-25)31-17-20(2)34-21(3)18-31)29(33)27-6-4-5-26(28(19)27)23-9-7-22(15-30)8-10-23/h4-14,16,21H,2,17-18H2,1,3H3/t21-/m1/s1. The van der Waals surface area contributed by atoms with Crippen LogP contribution in [0.1, 0.15) is 18.1 Å². The summed E-state index contributed by atoms with van der Waals surface area (Å²) in [7, 11) is 0. The smallest absolute Gasteiger partial charge is 0.262 e. The largest absolute Gasteiger partial charge is 0.492 e. The van der Waals surface area contributed by atoms with Gasteiger partial charge in [-0.2, -0.15) is 5.26 Å². The lowest BCUT2D eigenvalue weighted by molar-refractivity contribution is 0.114. The topological polar surface area (TPSA) is 58.3 Å². The number of pyridine rings is 1. The average Bonchev–Trinajstić information content (AvgIpc) is 2.85. The van der Waals surface area contributed by atoms with Gasteiger partial charge in [0.2, 0.25) is 0 Å². The number of aryl methyl sites for hydroxylation is 1. The van der Waals surface area contributed by atoms with Crippen LogP contribution in [0.5, 0.6) is 0 Å². The second-order valence-corrected chi connectivity index (χ2v) is 8.77. The molecule has 2 heterocycles. The second kappa shape index (κ2) is 8.57. The Hall–Kier alpha value is -4.30. The predicted octanol–water partition coefficient (Wildman–Crippen LogP) is 5.58.